The number of fused-ring (bicyclic) bond motifs is 1. The minimum Gasteiger partial charge on any atom is -0.458 e. The molecular formula is C15H15NO3. The number of aliphatic hydroxyl groups is 1. The number of nitriles is 1. The Morgan fingerprint density at radius 2 is 2.00 bits per heavy atom. The summed E-state index contributed by atoms with van der Waals surface area (Å²) in [6, 6.07) is 11.7. The van der Waals surface area contributed by atoms with Crippen molar-refractivity contribution in [3.8, 4) is 6.07 Å². The largest absolute Gasteiger partial charge is 0.458 e. The second-order valence-electron chi connectivity index (χ2n) is 4.97. The van der Waals surface area contributed by atoms with E-state index in [1.807, 2.05) is 30.3 Å². The second kappa shape index (κ2) is 4.69. The van der Waals surface area contributed by atoms with E-state index in [-0.39, 0.29) is 0 Å². The van der Waals surface area contributed by atoms with Crippen LogP contribution >= 0.6 is 0 Å². The van der Waals surface area contributed by atoms with E-state index in [0.717, 1.165) is 11.0 Å². The van der Waals surface area contributed by atoms with Gasteiger partial charge in [-0.2, -0.15) is 5.26 Å². The van der Waals surface area contributed by atoms with Crippen molar-refractivity contribution in [3.63, 3.8) is 0 Å². The molecule has 1 aromatic carbocycles. The van der Waals surface area contributed by atoms with Crippen LogP contribution < -0.4 is 0 Å². The lowest BCUT2D eigenvalue weighted by molar-refractivity contribution is -0.0386. The van der Waals surface area contributed by atoms with Crippen molar-refractivity contribution in [2.75, 3.05) is 13.2 Å². The van der Waals surface area contributed by atoms with E-state index in [9.17, 15) is 10.4 Å². The van der Waals surface area contributed by atoms with Gasteiger partial charge in [-0.15, -0.1) is 0 Å². The number of hydrogen-bond donors (Lipinski definition) is 1. The van der Waals surface area contributed by atoms with Gasteiger partial charge < -0.3 is 14.3 Å². The minimum absolute atomic E-state index is 0.463. The zero-order valence-corrected chi connectivity index (χ0v) is 10.5. The molecule has 0 saturated carbocycles. The van der Waals surface area contributed by atoms with Gasteiger partial charge in [-0.25, -0.2) is 0 Å². The van der Waals surface area contributed by atoms with Crippen LogP contribution in [0.3, 0.4) is 0 Å². The van der Waals surface area contributed by atoms with Gasteiger partial charge in [0, 0.05) is 18.6 Å². The summed E-state index contributed by atoms with van der Waals surface area (Å²) in [5.41, 5.74) is -0.0664. The third-order valence-electron chi connectivity index (χ3n) is 3.85. The Kier molecular flexibility index (Phi) is 3.02. The maximum atomic E-state index is 10.5. The van der Waals surface area contributed by atoms with Crippen molar-refractivity contribution in [1.29, 1.82) is 5.26 Å². The van der Waals surface area contributed by atoms with Crippen molar-refractivity contribution in [2.24, 2.45) is 5.41 Å². The molecule has 1 atom stereocenters. The van der Waals surface area contributed by atoms with Gasteiger partial charge in [0.05, 0.1) is 11.5 Å². The number of rotatable bonds is 2. The lowest BCUT2D eigenvalue weighted by Crippen LogP contribution is -2.34. The Morgan fingerprint density at radius 1 is 1.26 bits per heavy atom. The van der Waals surface area contributed by atoms with Gasteiger partial charge in [0.25, 0.3) is 0 Å². The average molecular weight is 257 g/mol. The molecule has 3 rings (SSSR count). The zero-order chi connectivity index (χ0) is 13.3. The van der Waals surface area contributed by atoms with Gasteiger partial charge in [-0.05, 0) is 25.0 Å². The number of aliphatic hydroxyl groups excluding tert-OH is 1. The van der Waals surface area contributed by atoms with Crippen LogP contribution in [-0.4, -0.2) is 18.3 Å². The summed E-state index contributed by atoms with van der Waals surface area (Å²) in [5, 5.41) is 20.9. The van der Waals surface area contributed by atoms with E-state index in [1.165, 1.54) is 0 Å². The standard InChI is InChI=1S/C15H15NO3/c16-10-15(5-7-18-8-6-15)14(17)13-9-11-3-1-2-4-12(11)19-13/h1-4,9,14,17H,5-8H2. The Hall–Kier alpha value is -1.83. The molecule has 4 heteroatoms. The predicted octanol–water partition coefficient (Wildman–Crippen LogP) is 2.79. The van der Waals surface area contributed by atoms with Crippen LogP contribution in [0, 0.1) is 16.7 Å². The Balaban J connectivity index is 1.98. The summed E-state index contributed by atoms with van der Waals surface area (Å²) in [6.07, 6.45) is 0.150. The summed E-state index contributed by atoms with van der Waals surface area (Å²) in [4.78, 5) is 0. The number of benzene rings is 1. The number of nitrogens with zero attached hydrogens (tertiary/aromatic N) is 1. The lowest BCUT2D eigenvalue weighted by atomic mass is 9.76. The van der Waals surface area contributed by atoms with Crippen molar-refractivity contribution in [3.05, 3.63) is 36.1 Å². The second-order valence-corrected chi connectivity index (χ2v) is 4.97. The van der Waals surface area contributed by atoms with Crippen LogP contribution in [0.1, 0.15) is 24.7 Å². The molecule has 98 valence electrons. The normalized spacial score (nSPS) is 20.0. The molecule has 0 bridgehead atoms. The first-order valence-electron chi connectivity index (χ1n) is 6.41. The van der Waals surface area contributed by atoms with E-state index in [1.54, 1.807) is 0 Å². The van der Waals surface area contributed by atoms with Crippen molar-refractivity contribution in [2.45, 2.75) is 18.9 Å². The highest BCUT2D eigenvalue weighted by Gasteiger charge is 2.42. The summed E-state index contributed by atoms with van der Waals surface area (Å²) >= 11 is 0. The summed E-state index contributed by atoms with van der Waals surface area (Å²) in [6.45, 7) is 1.01. The van der Waals surface area contributed by atoms with Crippen LogP contribution in [0.4, 0.5) is 0 Å². The fourth-order valence-corrected chi connectivity index (χ4v) is 2.59. The van der Waals surface area contributed by atoms with Crippen molar-refractivity contribution >= 4 is 11.0 Å². The molecule has 2 heterocycles. The van der Waals surface area contributed by atoms with Crippen molar-refractivity contribution < 1.29 is 14.3 Å². The fourth-order valence-electron chi connectivity index (χ4n) is 2.59. The quantitative estimate of drug-likeness (QED) is 0.898. The van der Waals surface area contributed by atoms with Crippen molar-refractivity contribution in [1.82, 2.24) is 0 Å². The molecule has 1 N–H and O–H groups in total. The Labute approximate surface area is 111 Å². The summed E-state index contributed by atoms with van der Waals surface area (Å²) in [5.74, 6) is 0.463. The first-order valence-corrected chi connectivity index (χ1v) is 6.41. The van der Waals surface area contributed by atoms with Gasteiger partial charge in [0.2, 0.25) is 0 Å². The summed E-state index contributed by atoms with van der Waals surface area (Å²) < 4.78 is 10.9. The molecule has 1 aromatic heterocycles. The Morgan fingerprint density at radius 3 is 2.68 bits per heavy atom. The highest BCUT2D eigenvalue weighted by molar-refractivity contribution is 5.77. The first kappa shape index (κ1) is 12.2. The molecule has 0 spiro atoms. The van der Waals surface area contributed by atoms with Gasteiger partial charge in [0.1, 0.15) is 17.4 Å². The molecule has 0 radical (unpaired) electrons. The van der Waals surface area contributed by atoms with Crippen LogP contribution in [0.15, 0.2) is 34.7 Å². The molecule has 1 saturated heterocycles. The third kappa shape index (κ3) is 2.01. The maximum absolute atomic E-state index is 10.5. The van der Waals surface area contributed by atoms with Crippen LogP contribution in [-0.2, 0) is 4.74 Å². The van der Waals surface area contributed by atoms with E-state index < -0.39 is 11.5 Å². The van der Waals surface area contributed by atoms with Gasteiger partial charge >= 0.3 is 0 Å². The molecule has 2 aromatic rings. The van der Waals surface area contributed by atoms with E-state index in [4.69, 9.17) is 9.15 Å². The summed E-state index contributed by atoms with van der Waals surface area (Å²) in [7, 11) is 0. The molecule has 0 aliphatic carbocycles. The molecule has 1 aliphatic heterocycles. The van der Waals surface area contributed by atoms with E-state index in [0.29, 0.717) is 31.8 Å². The number of para-hydroxylation sites is 1. The topological polar surface area (TPSA) is 66.4 Å². The molecule has 19 heavy (non-hydrogen) atoms. The fraction of sp³-hybridized carbons (Fsp3) is 0.400. The van der Waals surface area contributed by atoms with Crippen LogP contribution in [0.25, 0.3) is 11.0 Å². The molecule has 4 nitrogen and oxygen atoms in total. The van der Waals surface area contributed by atoms with Gasteiger partial charge in [-0.1, -0.05) is 18.2 Å². The number of hydrogen-bond acceptors (Lipinski definition) is 4. The number of ether oxygens (including phenoxy) is 1. The highest BCUT2D eigenvalue weighted by atomic mass is 16.5. The molecular weight excluding hydrogens is 242 g/mol. The van der Waals surface area contributed by atoms with E-state index in [2.05, 4.69) is 6.07 Å². The predicted molar refractivity (Wildman–Crippen MR) is 69.3 cm³/mol. The minimum atomic E-state index is -0.909. The van der Waals surface area contributed by atoms with Crippen LogP contribution in [0.5, 0.6) is 0 Å². The third-order valence-corrected chi connectivity index (χ3v) is 3.85. The highest BCUT2D eigenvalue weighted by Crippen LogP contribution is 2.43. The molecule has 1 unspecified atom stereocenters. The first-order chi connectivity index (χ1) is 9.25. The average Bonchev–Trinajstić information content (AvgIpc) is 2.91. The van der Waals surface area contributed by atoms with E-state index >= 15 is 0 Å². The lowest BCUT2D eigenvalue weighted by Gasteiger charge is -2.33. The zero-order valence-electron chi connectivity index (χ0n) is 10.5. The monoisotopic (exact) mass is 257 g/mol. The number of furan rings is 1. The molecule has 0 amide bonds. The van der Waals surface area contributed by atoms with Gasteiger partial charge in [-0.3, -0.25) is 0 Å². The molecule has 1 fully saturated rings. The smallest absolute Gasteiger partial charge is 0.135 e. The maximum Gasteiger partial charge on any atom is 0.135 e. The van der Waals surface area contributed by atoms with Gasteiger partial charge in [0.15, 0.2) is 0 Å². The Bertz CT molecular complexity index is 587. The van der Waals surface area contributed by atoms with Crippen LogP contribution in [0.2, 0.25) is 0 Å². The molecule has 1 aliphatic rings. The SMILES string of the molecule is N#CC1(C(O)c2cc3ccccc3o2)CCOCC1.